The van der Waals surface area contributed by atoms with Crippen LogP contribution < -0.4 is 0 Å². The summed E-state index contributed by atoms with van der Waals surface area (Å²) in [4.78, 5) is 11.1. The summed E-state index contributed by atoms with van der Waals surface area (Å²) in [5.74, 6) is -1.22. The molecule has 1 aromatic carbocycles. The molecular formula is C13H14ClNO5S. The summed E-state index contributed by atoms with van der Waals surface area (Å²) in [6, 6.07) is 5.43. The van der Waals surface area contributed by atoms with Crippen molar-refractivity contribution in [3.63, 3.8) is 0 Å². The van der Waals surface area contributed by atoms with Crippen LogP contribution in [0.15, 0.2) is 29.7 Å². The Bertz CT molecular complexity index is 641. The van der Waals surface area contributed by atoms with Crippen molar-refractivity contribution < 1.29 is 23.1 Å². The van der Waals surface area contributed by atoms with Gasteiger partial charge in [-0.2, -0.15) is 4.31 Å². The fourth-order valence-corrected chi connectivity index (χ4v) is 3.35. The number of nitrogens with zero attached hydrogens (tertiary/aromatic N) is 1. The lowest BCUT2D eigenvalue weighted by Gasteiger charge is -2.30. The predicted octanol–water partition coefficient (Wildman–Crippen LogP) is 1.43. The number of aliphatic carboxylic acids is 1. The Kier molecular flexibility index (Phi) is 5.00. The quantitative estimate of drug-likeness (QED) is 0.902. The Labute approximate surface area is 127 Å². The number of carboxylic acid groups (broad SMARTS) is 1. The molecule has 6 nitrogen and oxygen atoms in total. The highest BCUT2D eigenvalue weighted by Crippen LogP contribution is 2.16. The van der Waals surface area contributed by atoms with Crippen LogP contribution >= 0.6 is 11.6 Å². The van der Waals surface area contributed by atoms with Crippen LogP contribution in [0.5, 0.6) is 0 Å². The number of ether oxygens (including phenoxy) is 1. The molecule has 1 fully saturated rings. The van der Waals surface area contributed by atoms with Crippen molar-refractivity contribution in [1.29, 1.82) is 0 Å². The Balaban J connectivity index is 2.20. The number of sulfonamides is 1. The molecule has 0 spiro atoms. The first-order valence-corrected chi connectivity index (χ1v) is 8.04. The third kappa shape index (κ3) is 4.04. The molecule has 0 aliphatic carbocycles. The van der Waals surface area contributed by atoms with E-state index in [1.807, 2.05) is 0 Å². The smallest absolute Gasteiger partial charge is 0.324 e. The lowest BCUT2D eigenvalue weighted by molar-refractivity contribution is -0.145. The Morgan fingerprint density at radius 2 is 2.05 bits per heavy atom. The van der Waals surface area contributed by atoms with Crippen molar-refractivity contribution in [3.05, 3.63) is 40.3 Å². The van der Waals surface area contributed by atoms with E-state index in [0.29, 0.717) is 10.6 Å². The normalized spacial score (nSPS) is 20.7. The molecule has 0 radical (unpaired) electrons. The Morgan fingerprint density at radius 1 is 1.38 bits per heavy atom. The maximum atomic E-state index is 12.2. The number of benzene rings is 1. The standard InChI is InChI=1S/C13H14ClNO5S/c14-11-3-1-10(2-4-11)5-8-21(18,19)15-6-7-20-9-12(15)13(16)17/h1-5,8,12H,6-7,9H2,(H,16,17). The summed E-state index contributed by atoms with van der Waals surface area (Å²) in [5.41, 5.74) is 0.656. The summed E-state index contributed by atoms with van der Waals surface area (Å²) in [7, 11) is -3.83. The van der Waals surface area contributed by atoms with E-state index in [0.717, 1.165) is 9.71 Å². The molecule has 0 bridgehead atoms. The molecule has 1 N–H and O–H groups in total. The fraction of sp³-hybridized carbons (Fsp3) is 0.308. The van der Waals surface area contributed by atoms with E-state index < -0.39 is 22.0 Å². The van der Waals surface area contributed by atoms with Crippen molar-refractivity contribution in [2.75, 3.05) is 19.8 Å². The van der Waals surface area contributed by atoms with Crippen molar-refractivity contribution in [2.24, 2.45) is 0 Å². The van der Waals surface area contributed by atoms with Crippen molar-refractivity contribution in [3.8, 4) is 0 Å². The van der Waals surface area contributed by atoms with Gasteiger partial charge in [-0.1, -0.05) is 23.7 Å². The minimum absolute atomic E-state index is 0.0181. The van der Waals surface area contributed by atoms with Crippen LogP contribution in [0.1, 0.15) is 5.56 Å². The fourth-order valence-electron chi connectivity index (χ4n) is 1.90. The molecule has 1 aromatic rings. The van der Waals surface area contributed by atoms with Crippen molar-refractivity contribution in [1.82, 2.24) is 4.31 Å². The zero-order valence-corrected chi connectivity index (χ0v) is 12.5. The summed E-state index contributed by atoms with van der Waals surface area (Å²) < 4.78 is 30.4. The van der Waals surface area contributed by atoms with Crippen LogP contribution in [0.4, 0.5) is 0 Å². The molecule has 1 atom stereocenters. The van der Waals surface area contributed by atoms with Crippen LogP contribution in [0, 0.1) is 0 Å². The molecule has 8 heteroatoms. The number of halogens is 1. The van der Waals surface area contributed by atoms with Gasteiger partial charge in [0.2, 0.25) is 10.0 Å². The average molecular weight is 332 g/mol. The van der Waals surface area contributed by atoms with Gasteiger partial charge in [0.15, 0.2) is 0 Å². The summed E-state index contributed by atoms with van der Waals surface area (Å²) in [6.07, 6.45) is 1.40. The van der Waals surface area contributed by atoms with Gasteiger partial charge in [0.1, 0.15) is 6.04 Å². The molecule has 0 amide bonds. The molecule has 114 valence electrons. The van der Waals surface area contributed by atoms with E-state index in [4.69, 9.17) is 21.4 Å². The maximum Gasteiger partial charge on any atom is 0.324 e. The topological polar surface area (TPSA) is 83.9 Å². The predicted molar refractivity (Wildman–Crippen MR) is 78.4 cm³/mol. The van der Waals surface area contributed by atoms with Gasteiger partial charge in [-0.3, -0.25) is 4.79 Å². The number of hydrogen-bond donors (Lipinski definition) is 1. The van der Waals surface area contributed by atoms with Crippen molar-refractivity contribution in [2.45, 2.75) is 6.04 Å². The molecule has 2 rings (SSSR count). The van der Waals surface area contributed by atoms with Gasteiger partial charge in [0.25, 0.3) is 0 Å². The van der Waals surface area contributed by atoms with Crippen molar-refractivity contribution >= 4 is 33.7 Å². The molecule has 0 aromatic heterocycles. The van der Waals surface area contributed by atoms with Crippen LogP contribution in [0.3, 0.4) is 0 Å². The van der Waals surface area contributed by atoms with Crippen LogP contribution in [-0.4, -0.2) is 49.6 Å². The number of carbonyl (C=O) groups is 1. The van der Waals surface area contributed by atoms with Gasteiger partial charge in [0, 0.05) is 17.0 Å². The molecule has 1 aliphatic rings. The molecule has 1 unspecified atom stereocenters. The minimum Gasteiger partial charge on any atom is -0.480 e. The molecule has 1 aliphatic heterocycles. The highest BCUT2D eigenvalue weighted by atomic mass is 35.5. The second kappa shape index (κ2) is 6.57. The van der Waals surface area contributed by atoms with E-state index in [1.165, 1.54) is 6.08 Å². The van der Waals surface area contributed by atoms with E-state index in [9.17, 15) is 13.2 Å². The zero-order valence-electron chi connectivity index (χ0n) is 11.0. The first-order valence-electron chi connectivity index (χ1n) is 6.16. The highest BCUT2D eigenvalue weighted by molar-refractivity contribution is 7.92. The van der Waals surface area contributed by atoms with E-state index in [1.54, 1.807) is 24.3 Å². The molecule has 0 saturated carbocycles. The van der Waals surface area contributed by atoms with Gasteiger partial charge >= 0.3 is 5.97 Å². The van der Waals surface area contributed by atoms with Crippen LogP contribution in [0.2, 0.25) is 5.02 Å². The molecule has 1 heterocycles. The number of hydrogen-bond acceptors (Lipinski definition) is 4. The van der Waals surface area contributed by atoms with Crippen LogP contribution in [0.25, 0.3) is 6.08 Å². The summed E-state index contributed by atoms with van der Waals surface area (Å²) >= 11 is 5.75. The van der Waals surface area contributed by atoms with Gasteiger partial charge in [-0.15, -0.1) is 0 Å². The number of morpholine rings is 1. The largest absolute Gasteiger partial charge is 0.480 e. The first-order chi connectivity index (χ1) is 9.90. The van der Waals surface area contributed by atoms with Crippen LogP contribution in [-0.2, 0) is 19.6 Å². The van der Waals surface area contributed by atoms with Gasteiger partial charge in [0.05, 0.1) is 13.2 Å². The SMILES string of the molecule is O=C(O)C1COCCN1S(=O)(=O)C=Cc1ccc(Cl)cc1. The van der Waals surface area contributed by atoms with E-state index in [2.05, 4.69) is 0 Å². The molecular weight excluding hydrogens is 318 g/mol. The van der Waals surface area contributed by atoms with Gasteiger partial charge < -0.3 is 9.84 Å². The first kappa shape index (κ1) is 16.0. The monoisotopic (exact) mass is 331 g/mol. The number of carboxylic acids is 1. The molecule has 21 heavy (non-hydrogen) atoms. The van der Waals surface area contributed by atoms with Gasteiger partial charge in [-0.05, 0) is 23.8 Å². The average Bonchev–Trinajstić information content (AvgIpc) is 2.47. The number of rotatable bonds is 4. The third-order valence-electron chi connectivity index (χ3n) is 2.99. The maximum absolute atomic E-state index is 12.2. The minimum atomic E-state index is -3.83. The van der Waals surface area contributed by atoms with E-state index in [-0.39, 0.29) is 19.8 Å². The second-order valence-electron chi connectivity index (χ2n) is 4.44. The lowest BCUT2D eigenvalue weighted by Crippen LogP contribution is -2.51. The second-order valence-corrected chi connectivity index (χ2v) is 6.65. The Hall–Kier alpha value is -1.41. The van der Waals surface area contributed by atoms with Gasteiger partial charge in [-0.25, -0.2) is 8.42 Å². The third-order valence-corrected chi connectivity index (χ3v) is 4.82. The summed E-state index contributed by atoms with van der Waals surface area (Å²) in [5, 5.41) is 10.6. The highest BCUT2D eigenvalue weighted by Gasteiger charge is 2.36. The zero-order chi connectivity index (χ0) is 15.5. The Morgan fingerprint density at radius 3 is 2.67 bits per heavy atom. The molecule has 1 saturated heterocycles. The summed E-state index contributed by atoms with van der Waals surface area (Å²) in [6.45, 7) is 0.0470. The van der Waals surface area contributed by atoms with E-state index >= 15 is 0 Å². The lowest BCUT2D eigenvalue weighted by atomic mass is 10.2.